The number of carbonyl (C=O) groups is 3. The molecule has 0 aromatic carbocycles. The smallest absolute Gasteiger partial charge is 0.306 e. The van der Waals surface area contributed by atoms with Gasteiger partial charge in [-0.2, -0.15) is 0 Å². The maximum absolute atomic E-state index is 10.9. The van der Waals surface area contributed by atoms with Gasteiger partial charge >= 0.3 is 17.9 Å². The van der Waals surface area contributed by atoms with Crippen molar-refractivity contribution >= 4 is 39.5 Å². The molecule has 38 heavy (non-hydrogen) atoms. The lowest BCUT2D eigenvalue weighted by atomic mass is 10.1. The minimum Gasteiger partial charge on any atom is -0.463 e. The van der Waals surface area contributed by atoms with Crippen LogP contribution in [0.5, 0.6) is 0 Å². The first kappa shape index (κ1) is 41.6. The van der Waals surface area contributed by atoms with E-state index in [1.807, 2.05) is 62.3 Å². The molecule has 8 heteroatoms. The van der Waals surface area contributed by atoms with Crippen LogP contribution in [0, 0.1) is 11.8 Å². The van der Waals surface area contributed by atoms with Crippen molar-refractivity contribution in [3.8, 4) is 0 Å². The van der Waals surface area contributed by atoms with Gasteiger partial charge in [0.2, 0.25) is 0 Å². The van der Waals surface area contributed by atoms with Crippen LogP contribution in [0.4, 0.5) is 0 Å². The molecule has 1 aliphatic heterocycles. The van der Waals surface area contributed by atoms with Crippen LogP contribution in [-0.4, -0.2) is 47.2 Å². The van der Waals surface area contributed by atoms with Gasteiger partial charge in [-0.3, -0.25) is 14.4 Å². The summed E-state index contributed by atoms with van der Waals surface area (Å²) in [6.07, 6.45) is 9.17. The predicted molar refractivity (Wildman–Crippen MR) is 165 cm³/mol. The molecule has 0 amide bonds. The van der Waals surface area contributed by atoms with Crippen molar-refractivity contribution in [2.45, 2.75) is 158 Å². The Morgan fingerprint density at radius 2 is 1.29 bits per heavy atom. The van der Waals surface area contributed by atoms with E-state index in [0.717, 1.165) is 11.7 Å². The van der Waals surface area contributed by atoms with Gasteiger partial charge in [-0.05, 0) is 58.8 Å². The second-order valence-electron chi connectivity index (χ2n) is 10.5. The molecule has 1 rings (SSSR count). The Balaban J connectivity index is -0.000000435. The molecule has 1 fully saturated rings. The Labute approximate surface area is 243 Å². The van der Waals surface area contributed by atoms with E-state index in [1.54, 1.807) is 6.92 Å². The fourth-order valence-corrected chi connectivity index (χ4v) is 5.58. The minimum absolute atomic E-state index is 0.0255. The largest absolute Gasteiger partial charge is 0.463 e. The van der Waals surface area contributed by atoms with Crippen LogP contribution in [-0.2, 0) is 28.6 Å². The average molecular weight is 581 g/mol. The molecule has 0 N–H and O–H groups in total. The van der Waals surface area contributed by atoms with E-state index < -0.39 is 0 Å². The fraction of sp³-hybridized carbons (Fsp3) is 0.900. The standard InChI is InChI=1S/C9H18O2.C8H16O2.C8H16S2.C5H10O2/c1-5-6-9(10)11-8(4)7(2)3;1-5-8(9)10-7(4)6(2)3;1-2-3-4-5-8-6-7-9-10-8;1-4(2)7-5(3)6/h7-8H,5-6H2,1-4H3;6-7H,5H2,1-4H3;8H,2-7H2,1H3;4H,1-3H3. The second kappa shape index (κ2) is 27.7. The molecular formula is C30H60O6S2. The van der Waals surface area contributed by atoms with Crippen molar-refractivity contribution < 1.29 is 28.6 Å². The fourth-order valence-electron chi connectivity index (χ4n) is 2.55. The molecule has 0 aromatic heterocycles. The highest BCUT2D eigenvalue weighted by molar-refractivity contribution is 8.77. The van der Waals surface area contributed by atoms with Gasteiger partial charge < -0.3 is 14.2 Å². The van der Waals surface area contributed by atoms with Gasteiger partial charge in [0, 0.05) is 30.8 Å². The summed E-state index contributed by atoms with van der Waals surface area (Å²) in [5, 5.41) is 0.997. The van der Waals surface area contributed by atoms with Crippen molar-refractivity contribution in [2.24, 2.45) is 11.8 Å². The monoisotopic (exact) mass is 580 g/mol. The first-order chi connectivity index (χ1) is 17.7. The van der Waals surface area contributed by atoms with E-state index in [0.29, 0.717) is 24.7 Å². The van der Waals surface area contributed by atoms with Gasteiger partial charge in [-0.25, -0.2) is 0 Å². The van der Waals surface area contributed by atoms with Gasteiger partial charge in [-0.15, -0.1) is 0 Å². The maximum Gasteiger partial charge on any atom is 0.306 e. The highest BCUT2D eigenvalue weighted by Crippen LogP contribution is 2.39. The van der Waals surface area contributed by atoms with Crippen LogP contribution in [0.2, 0.25) is 0 Å². The number of esters is 3. The molecule has 0 aromatic rings. The van der Waals surface area contributed by atoms with Crippen LogP contribution in [0.1, 0.15) is 134 Å². The number of carbonyl (C=O) groups excluding carboxylic acids is 3. The maximum atomic E-state index is 10.9. The number of unbranched alkanes of at least 4 members (excludes halogenated alkanes) is 2. The van der Waals surface area contributed by atoms with Crippen molar-refractivity contribution in [1.29, 1.82) is 0 Å². The summed E-state index contributed by atoms with van der Waals surface area (Å²) >= 11 is 0. The van der Waals surface area contributed by atoms with Crippen molar-refractivity contribution in [1.82, 2.24) is 0 Å². The summed E-state index contributed by atoms with van der Waals surface area (Å²) in [6.45, 7) is 23.1. The quantitative estimate of drug-likeness (QED) is 0.0979. The number of ether oxygens (including phenoxy) is 3. The zero-order valence-electron chi connectivity index (χ0n) is 26.6. The Hall–Kier alpha value is -0.890. The lowest BCUT2D eigenvalue weighted by Gasteiger charge is -2.15. The van der Waals surface area contributed by atoms with Gasteiger partial charge in [0.15, 0.2) is 0 Å². The molecule has 0 saturated carbocycles. The third-order valence-corrected chi connectivity index (χ3v) is 8.52. The summed E-state index contributed by atoms with van der Waals surface area (Å²) in [5.74, 6) is 1.82. The number of rotatable bonds is 12. The van der Waals surface area contributed by atoms with Crippen LogP contribution >= 0.6 is 21.6 Å². The molecule has 0 aliphatic carbocycles. The van der Waals surface area contributed by atoms with Crippen molar-refractivity contribution in [3.63, 3.8) is 0 Å². The van der Waals surface area contributed by atoms with Gasteiger partial charge in [0.25, 0.3) is 0 Å². The third-order valence-electron chi connectivity index (χ3n) is 5.51. The summed E-state index contributed by atoms with van der Waals surface area (Å²) in [7, 11) is 4.17. The molecule has 0 bridgehead atoms. The lowest BCUT2D eigenvalue weighted by molar-refractivity contribution is -0.151. The third kappa shape index (κ3) is 31.3. The zero-order valence-corrected chi connectivity index (χ0v) is 28.2. The Morgan fingerprint density at radius 1 is 0.763 bits per heavy atom. The molecule has 0 spiro atoms. The molecular weight excluding hydrogens is 520 g/mol. The zero-order chi connectivity index (χ0) is 30.1. The summed E-state index contributed by atoms with van der Waals surface area (Å²) in [6, 6.07) is 0. The summed E-state index contributed by atoms with van der Waals surface area (Å²) in [5.41, 5.74) is 0. The van der Waals surface area contributed by atoms with E-state index in [2.05, 4.69) is 33.2 Å². The SMILES string of the molecule is CC(=O)OC(C)C.CCC(=O)OC(C)C(C)C.CCCC(=O)OC(C)C(C)C.CCCCCC1CCSS1. The van der Waals surface area contributed by atoms with E-state index in [9.17, 15) is 14.4 Å². The Kier molecular flexibility index (Phi) is 30.3. The van der Waals surface area contributed by atoms with E-state index >= 15 is 0 Å². The number of hydrogen-bond acceptors (Lipinski definition) is 8. The predicted octanol–water partition coefficient (Wildman–Crippen LogP) is 9.04. The molecule has 1 heterocycles. The molecule has 3 unspecified atom stereocenters. The molecule has 0 radical (unpaired) electrons. The van der Waals surface area contributed by atoms with Gasteiger partial charge in [0.05, 0.1) is 6.10 Å². The second-order valence-corrected chi connectivity index (χ2v) is 13.3. The molecule has 1 saturated heterocycles. The minimum atomic E-state index is -0.213. The number of hydrogen-bond donors (Lipinski definition) is 0. The summed E-state index contributed by atoms with van der Waals surface area (Å²) in [4.78, 5) is 31.7. The first-order valence-electron chi connectivity index (χ1n) is 14.6. The Morgan fingerprint density at radius 3 is 1.61 bits per heavy atom. The van der Waals surface area contributed by atoms with Crippen LogP contribution < -0.4 is 0 Å². The van der Waals surface area contributed by atoms with Crippen molar-refractivity contribution in [2.75, 3.05) is 5.75 Å². The normalized spacial score (nSPS) is 15.7. The van der Waals surface area contributed by atoms with Crippen LogP contribution in [0.3, 0.4) is 0 Å². The van der Waals surface area contributed by atoms with E-state index in [1.165, 1.54) is 44.8 Å². The lowest BCUT2D eigenvalue weighted by Crippen LogP contribution is -2.19. The van der Waals surface area contributed by atoms with Crippen LogP contribution in [0.25, 0.3) is 0 Å². The highest BCUT2D eigenvalue weighted by Gasteiger charge is 2.15. The highest BCUT2D eigenvalue weighted by atomic mass is 33.1. The summed E-state index contributed by atoms with van der Waals surface area (Å²) < 4.78 is 14.7. The molecule has 3 atom stereocenters. The first-order valence-corrected chi connectivity index (χ1v) is 16.9. The van der Waals surface area contributed by atoms with Crippen LogP contribution in [0.15, 0.2) is 0 Å². The molecule has 1 aliphatic rings. The Bertz CT molecular complexity index is 575. The van der Waals surface area contributed by atoms with Gasteiger partial charge in [-0.1, -0.05) is 89.3 Å². The average Bonchev–Trinajstić information content (AvgIpc) is 3.33. The van der Waals surface area contributed by atoms with Crippen molar-refractivity contribution in [3.05, 3.63) is 0 Å². The van der Waals surface area contributed by atoms with E-state index in [4.69, 9.17) is 9.47 Å². The van der Waals surface area contributed by atoms with E-state index in [-0.39, 0.29) is 36.2 Å². The molecule has 228 valence electrons. The van der Waals surface area contributed by atoms with Gasteiger partial charge in [0.1, 0.15) is 12.2 Å². The molecule has 6 nitrogen and oxygen atoms in total. The topological polar surface area (TPSA) is 78.9 Å².